The number of carbonyl (C=O) groups is 1. The summed E-state index contributed by atoms with van der Waals surface area (Å²) in [5.41, 5.74) is 4.54. The smallest absolute Gasteiger partial charge is 0.356 e. The molecule has 11 heteroatoms. The van der Waals surface area contributed by atoms with Crippen molar-refractivity contribution in [2.24, 2.45) is 5.73 Å². The Balaban J connectivity index is 2.33. The maximum absolute atomic E-state index is 12.3. The Labute approximate surface area is 140 Å². The molecule has 2 rings (SSSR count). The largest absolute Gasteiger partial charge is 0.480 e. The number of aliphatic carboxylic acids is 1. The van der Waals surface area contributed by atoms with Crippen LogP contribution in [0.15, 0.2) is 46.1 Å². The highest BCUT2D eigenvalue weighted by Crippen LogP contribution is 2.32. The summed E-state index contributed by atoms with van der Waals surface area (Å²) in [4.78, 5) is 53.2. The lowest BCUT2D eigenvalue weighted by atomic mass is 10.2. The Bertz CT molecular complexity index is 942. The third kappa shape index (κ3) is 4.52. The number of rotatable bonds is 6. The van der Waals surface area contributed by atoms with Gasteiger partial charge in [-0.2, -0.15) is 0 Å². The van der Waals surface area contributed by atoms with Crippen LogP contribution in [0.25, 0.3) is 0 Å². The van der Waals surface area contributed by atoms with Gasteiger partial charge in [0.1, 0.15) is 6.04 Å². The fourth-order valence-electron chi connectivity index (χ4n) is 2.11. The summed E-state index contributed by atoms with van der Waals surface area (Å²) in [6, 6.07) is 5.01. The second-order valence-corrected chi connectivity index (χ2v) is 6.93. The number of nitrogens with zero attached hydrogens (tertiary/aromatic N) is 2. The SMILES string of the molecule is NC(Cn1ccc(=O)n(Cc2ccc(P(=O)(O)O)cc2)c1=O)C(=O)O. The van der Waals surface area contributed by atoms with Gasteiger partial charge in [-0.1, -0.05) is 12.1 Å². The second kappa shape index (κ2) is 7.16. The van der Waals surface area contributed by atoms with Crippen LogP contribution in [0.4, 0.5) is 0 Å². The van der Waals surface area contributed by atoms with Gasteiger partial charge in [0.05, 0.1) is 18.4 Å². The first-order valence-corrected chi connectivity index (χ1v) is 8.64. The molecule has 5 N–H and O–H groups in total. The van der Waals surface area contributed by atoms with Crippen molar-refractivity contribution in [1.29, 1.82) is 0 Å². The molecule has 0 saturated carbocycles. The lowest BCUT2D eigenvalue weighted by Gasteiger charge is -2.12. The lowest BCUT2D eigenvalue weighted by molar-refractivity contribution is -0.138. The van der Waals surface area contributed by atoms with Crippen LogP contribution in [0, 0.1) is 0 Å². The van der Waals surface area contributed by atoms with Gasteiger partial charge in [0, 0.05) is 12.3 Å². The van der Waals surface area contributed by atoms with Crippen LogP contribution in [-0.4, -0.2) is 36.0 Å². The number of hydrogen-bond donors (Lipinski definition) is 4. The van der Waals surface area contributed by atoms with Gasteiger partial charge in [-0.3, -0.25) is 23.3 Å². The molecule has 0 bridgehead atoms. The number of benzene rings is 1. The summed E-state index contributed by atoms with van der Waals surface area (Å²) in [6.07, 6.45) is 1.17. The van der Waals surface area contributed by atoms with Gasteiger partial charge in [0.15, 0.2) is 0 Å². The van der Waals surface area contributed by atoms with E-state index >= 15 is 0 Å². The first-order chi connectivity index (χ1) is 11.6. The minimum absolute atomic E-state index is 0.137. The van der Waals surface area contributed by atoms with Crippen molar-refractivity contribution in [1.82, 2.24) is 9.13 Å². The van der Waals surface area contributed by atoms with Gasteiger partial charge in [0.2, 0.25) is 0 Å². The predicted molar refractivity (Wildman–Crippen MR) is 87.8 cm³/mol. The topological polar surface area (TPSA) is 165 Å². The third-order valence-electron chi connectivity index (χ3n) is 3.46. The van der Waals surface area contributed by atoms with Crippen LogP contribution >= 0.6 is 7.60 Å². The fraction of sp³-hybridized carbons (Fsp3) is 0.214. The molecule has 1 aromatic heterocycles. The van der Waals surface area contributed by atoms with E-state index in [9.17, 15) is 18.9 Å². The highest BCUT2D eigenvalue weighted by molar-refractivity contribution is 7.60. The molecule has 0 aliphatic rings. The molecular formula is C14H16N3O7P. The highest BCUT2D eigenvalue weighted by atomic mass is 31.2. The van der Waals surface area contributed by atoms with Crippen molar-refractivity contribution < 1.29 is 24.3 Å². The highest BCUT2D eigenvalue weighted by Gasteiger charge is 2.17. The predicted octanol–water partition coefficient (Wildman–Crippen LogP) is -1.73. The summed E-state index contributed by atoms with van der Waals surface area (Å²) in [5.74, 6) is -1.28. The van der Waals surface area contributed by atoms with E-state index in [0.29, 0.717) is 5.56 Å². The molecule has 0 radical (unpaired) electrons. The van der Waals surface area contributed by atoms with E-state index in [-0.39, 0.29) is 18.4 Å². The Kier molecular flexibility index (Phi) is 5.39. The average Bonchev–Trinajstić information content (AvgIpc) is 2.53. The monoisotopic (exact) mass is 369 g/mol. The zero-order valence-electron chi connectivity index (χ0n) is 12.8. The molecule has 1 aromatic carbocycles. The third-order valence-corrected chi connectivity index (χ3v) is 4.43. The summed E-state index contributed by atoms with van der Waals surface area (Å²) in [7, 11) is -4.38. The van der Waals surface area contributed by atoms with Crippen LogP contribution < -0.4 is 22.3 Å². The van der Waals surface area contributed by atoms with E-state index in [0.717, 1.165) is 15.2 Å². The molecule has 2 aromatic rings. The molecule has 0 amide bonds. The number of carboxylic acid groups (broad SMARTS) is 1. The Morgan fingerprint density at radius 2 is 1.76 bits per heavy atom. The van der Waals surface area contributed by atoms with E-state index in [2.05, 4.69) is 0 Å². The summed E-state index contributed by atoms with van der Waals surface area (Å²) >= 11 is 0. The molecule has 134 valence electrons. The molecule has 1 atom stereocenters. The Morgan fingerprint density at radius 1 is 1.16 bits per heavy atom. The Morgan fingerprint density at radius 3 is 2.28 bits per heavy atom. The van der Waals surface area contributed by atoms with E-state index in [4.69, 9.17) is 20.6 Å². The van der Waals surface area contributed by atoms with E-state index in [1.165, 1.54) is 30.5 Å². The lowest BCUT2D eigenvalue weighted by Crippen LogP contribution is -2.44. The van der Waals surface area contributed by atoms with Crippen LogP contribution in [0.5, 0.6) is 0 Å². The minimum Gasteiger partial charge on any atom is -0.480 e. The van der Waals surface area contributed by atoms with Gasteiger partial charge < -0.3 is 20.6 Å². The molecule has 0 fully saturated rings. The van der Waals surface area contributed by atoms with Crippen LogP contribution in [0.3, 0.4) is 0 Å². The van der Waals surface area contributed by atoms with Gasteiger partial charge in [-0.25, -0.2) is 4.79 Å². The van der Waals surface area contributed by atoms with Gasteiger partial charge in [0.25, 0.3) is 5.56 Å². The van der Waals surface area contributed by atoms with Crippen molar-refractivity contribution in [3.63, 3.8) is 0 Å². The quantitative estimate of drug-likeness (QED) is 0.436. The molecule has 10 nitrogen and oxygen atoms in total. The zero-order chi connectivity index (χ0) is 18.8. The van der Waals surface area contributed by atoms with Gasteiger partial charge in [-0.15, -0.1) is 0 Å². The molecule has 0 aliphatic carbocycles. The minimum atomic E-state index is -4.38. The van der Waals surface area contributed by atoms with Crippen molar-refractivity contribution in [2.75, 3.05) is 0 Å². The fourth-order valence-corrected chi connectivity index (χ4v) is 2.65. The molecule has 0 spiro atoms. The second-order valence-electron chi connectivity index (χ2n) is 5.33. The summed E-state index contributed by atoms with van der Waals surface area (Å²) in [6.45, 7) is -0.437. The molecule has 1 heterocycles. The van der Waals surface area contributed by atoms with Crippen molar-refractivity contribution in [3.05, 3.63) is 62.9 Å². The van der Waals surface area contributed by atoms with Crippen LogP contribution in [-0.2, 0) is 22.4 Å². The standard InChI is InChI=1S/C14H16N3O7P/c15-11(13(19)20)8-16-6-5-12(18)17(14(16)21)7-9-1-3-10(4-2-9)25(22,23)24/h1-6,11H,7-8,15H2,(H,19,20)(H2,22,23,24). The number of nitrogens with two attached hydrogens (primary N) is 1. The zero-order valence-corrected chi connectivity index (χ0v) is 13.7. The van der Waals surface area contributed by atoms with E-state index in [1.54, 1.807) is 0 Å². The average molecular weight is 369 g/mol. The molecular weight excluding hydrogens is 353 g/mol. The number of carboxylic acids is 1. The van der Waals surface area contributed by atoms with Gasteiger partial charge >= 0.3 is 19.3 Å². The van der Waals surface area contributed by atoms with Crippen LogP contribution in [0.2, 0.25) is 0 Å². The van der Waals surface area contributed by atoms with Gasteiger partial charge in [-0.05, 0) is 17.7 Å². The normalized spacial score (nSPS) is 12.8. The van der Waals surface area contributed by atoms with Crippen molar-refractivity contribution in [3.8, 4) is 0 Å². The first kappa shape index (κ1) is 18.8. The van der Waals surface area contributed by atoms with Crippen molar-refractivity contribution in [2.45, 2.75) is 19.1 Å². The molecule has 0 saturated heterocycles. The van der Waals surface area contributed by atoms with E-state index in [1.807, 2.05) is 0 Å². The molecule has 0 aliphatic heterocycles. The first-order valence-electron chi connectivity index (χ1n) is 7.03. The van der Waals surface area contributed by atoms with Crippen LogP contribution in [0.1, 0.15) is 5.56 Å². The summed E-state index contributed by atoms with van der Waals surface area (Å²) < 4.78 is 13.0. The Hall–Kier alpha value is -2.52. The van der Waals surface area contributed by atoms with Crippen molar-refractivity contribution >= 4 is 18.9 Å². The number of hydrogen-bond acceptors (Lipinski definition) is 5. The molecule has 25 heavy (non-hydrogen) atoms. The van der Waals surface area contributed by atoms with E-state index < -0.39 is 30.9 Å². The number of aromatic nitrogens is 2. The molecule has 1 unspecified atom stereocenters. The maximum Gasteiger partial charge on any atom is 0.356 e. The summed E-state index contributed by atoms with van der Waals surface area (Å²) in [5, 5.41) is 8.63. The maximum atomic E-state index is 12.3.